The number of aliphatic carboxylic acids is 1. The molecule has 6 nitrogen and oxygen atoms in total. The quantitative estimate of drug-likeness (QED) is 0.706. The van der Waals surface area contributed by atoms with Crippen LogP contribution in [0.25, 0.3) is 0 Å². The first-order valence-corrected chi connectivity index (χ1v) is 8.83. The molecule has 0 saturated carbocycles. The SMILES string of the molecule is CC(C)Oc1ccccc1CC(=O)NC(C)c1ccc(OCC(=O)O)cc1. The summed E-state index contributed by atoms with van der Waals surface area (Å²) in [5.41, 5.74) is 1.74. The lowest BCUT2D eigenvalue weighted by Gasteiger charge is -2.17. The minimum atomic E-state index is -1.03. The number of hydrogen-bond acceptors (Lipinski definition) is 4. The lowest BCUT2D eigenvalue weighted by Crippen LogP contribution is -2.28. The maximum Gasteiger partial charge on any atom is 0.341 e. The molecule has 2 aromatic rings. The topological polar surface area (TPSA) is 84.9 Å². The zero-order valence-corrected chi connectivity index (χ0v) is 15.8. The van der Waals surface area contributed by atoms with Gasteiger partial charge in [0.25, 0.3) is 0 Å². The van der Waals surface area contributed by atoms with Crippen molar-refractivity contribution in [3.05, 3.63) is 59.7 Å². The Kier molecular flexibility index (Phi) is 7.23. The minimum absolute atomic E-state index is 0.0370. The summed E-state index contributed by atoms with van der Waals surface area (Å²) in [6, 6.07) is 14.3. The normalized spacial score (nSPS) is 11.7. The summed E-state index contributed by atoms with van der Waals surface area (Å²) < 4.78 is 10.9. The number of rotatable bonds is 9. The van der Waals surface area contributed by atoms with Crippen LogP contribution in [-0.4, -0.2) is 29.7 Å². The minimum Gasteiger partial charge on any atom is -0.491 e. The van der Waals surface area contributed by atoms with E-state index in [-0.39, 0.29) is 31.1 Å². The van der Waals surface area contributed by atoms with Gasteiger partial charge < -0.3 is 19.9 Å². The van der Waals surface area contributed by atoms with Gasteiger partial charge in [0.15, 0.2) is 6.61 Å². The van der Waals surface area contributed by atoms with E-state index in [4.69, 9.17) is 14.6 Å². The highest BCUT2D eigenvalue weighted by atomic mass is 16.5. The van der Waals surface area contributed by atoms with Gasteiger partial charge in [0.05, 0.1) is 18.6 Å². The third kappa shape index (κ3) is 6.66. The molecule has 27 heavy (non-hydrogen) atoms. The Balaban J connectivity index is 1.95. The van der Waals surface area contributed by atoms with Gasteiger partial charge in [-0.15, -0.1) is 0 Å². The zero-order valence-electron chi connectivity index (χ0n) is 15.8. The molecule has 144 valence electrons. The van der Waals surface area contributed by atoms with Crippen LogP contribution in [0.3, 0.4) is 0 Å². The molecule has 0 aromatic heterocycles. The van der Waals surface area contributed by atoms with Crippen LogP contribution in [-0.2, 0) is 16.0 Å². The van der Waals surface area contributed by atoms with Crippen molar-refractivity contribution in [2.45, 2.75) is 39.3 Å². The predicted octanol–water partition coefficient (Wildman–Crippen LogP) is 3.36. The van der Waals surface area contributed by atoms with E-state index in [1.165, 1.54) is 0 Å². The molecule has 1 unspecified atom stereocenters. The average molecular weight is 371 g/mol. The number of benzene rings is 2. The molecule has 0 heterocycles. The van der Waals surface area contributed by atoms with Gasteiger partial charge in [-0.2, -0.15) is 0 Å². The Hall–Kier alpha value is -3.02. The molecule has 6 heteroatoms. The number of carbonyl (C=O) groups is 2. The van der Waals surface area contributed by atoms with Crippen LogP contribution in [0.1, 0.15) is 37.9 Å². The molecule has 2 aromatic carbocycles. The van der Waals surface area contributed by atoms with E-state index in [1.807, 2.05) is 45.0 Å². The Morgan fingerprint density at radius 2 is 1.70 bits per heavy atom. The van der Waals surface area contributed by atoms with Crippen molar-refractivity contribution in [3.8, 4) is 11.5 Å². The average Bonchev–Trinajstić information content (AvgIpc) is 2.61. The monoisotopic (exact) mass is 371 g/mol. The predicted molar refractivity (Wildman–Crippen MR) is 102 cm³/mol. The summed E-state index contributed by atoms with van der Waals surface area (Å²) >= 11 is 0. The van der Waals surface area contributed by atoms with E-state index in [2.05, 4.69) is 5.32 Å². The molecule has 2 N–H and O–H groups in total. The number of amides is 1. The molecule has 0 radical (unpaired) electrons. The van der Waals surface area contributed by atoms with Crippen LogP contribution in [0.2, 0.25) is 0 Å². The molecule has 1 amide bonds. The third-order valence-electron chi connectivity index (χ3n) is 3.81. The van der Waals surface area contributed by atoms with Crippen LogP contribution < -0.4 is 14.8 Å². The van der Waals surface area contributed by atoms with E-state index in [1.54, 1.807) is 24.3 Å². The smallest absolute Gasteiger partial charge is 0.341 e. The van der Waals surface area contributed by atoms with Gasteiger partial charge in [-0.3, -0.25) is 4.79 Å². The number of carbonyl (C=O) groups excluding carboxylic acids is 1. The van der Waals surface area contributed by atoms with Crippen molar-refractivity contribution < 1.29 is 24.2 Å². The molecular weight excluding hydrogens is 346 g/mol. The van der Waals surface area contributed by atoms with Crippen LogP contribution >= 0.6 is 0 Å². The Labute approximate surface area is 159 Å². The summed E-state index contributed by atoms with van der Waals surface area (Å²) in [5.74, 6) is 0.0598. The van der Waals surface area contributed by atoms with Crippen molar-refractivity contribution in [1.29, 1.82) is 0 Å². The summed E-state index contributed by atoms with van der Waals surface area (Å²) in [5, 5.41) is 11.6. The van der Waals surface area contributed by atoms with Gasteiger partial charge in [0.1, 0.15) is 11.5 Å². The molecule has 2 rings (SSSR count). The van der Waals surface area contributed by atoms with Crippen molar-refractivity contribution in [3.63, 3.8) is 0 Å². The maximum atomic E-state index is 12.4. The van der Waals surface area contributed by atoms with E-state index in [0.29, 0.717) is 5.75 Å². The van der Waals surface area contributed by atoms with Crippen molar-refractivity contribution in [2.75, 3.05) is 6.61 Å². The second-order valence-corrected chi connectivity index (χ2v) is 6.49. The van der Waals surface area contributed by atoms with Crippen LogP contribution in [0.15, 0.2) is 48.5 Å². The first kappa shape index (κ1) is 20.3. The van der Waals surface area contributed by atoms with Gasteiger partial charge >= 0.3 is 5.97 Å². The summed E-state index contributed by atoms with van der Waals surface area (Å²) in [6.45, 7) is 5.40. The van der Waals surface area contributed by atoms with Gasteiger partial charge in [-0.25, -0.2) is 4.79 Å². The Morgan fingerprint density at radius 3 is 2.33 bits per heavy atom. The molecule has 0 aliphatic rings. The zero-order chi connectivity index (χ0) is 19.8. The van der Waals surface area contributed by atoms with E-state index >= 15 is 0 Å². The number of carboxylic acid groups (broad SMARTS) is 1. The van der Waals surface area contributed by atoms with Crippen LogP contribution in [0.4, 0.5) is 0 Å². The van der Waals surface area contributed by atoms with Gasteiger partial charge in [0, 0.05) is 5.56 Å². The molecule has 0 aliphatic heterocycles. The fraction of sp³-hybridized carbons (Fsp3) is 0.333. The number of carboxylic acids is 1. The largest absolute Gasteiger partial charge is 0.491 e. The first-order chi connectivity index (χ1) is 12.8. The molecular formula is C21H25NO5. The molecule has 0 fully saturated rings. The maximum absolute atomic E-state index is 12.4. The summed E-state index contributed by atoms with van der Waals surface area (Å²) in [4.78, 5) is 22.9. The van der Waals surface area contributed by atoms with E-state index in [9.17, 15) is 9.59 Å². The molecule has 0 spiro atoms. The highest BCUT2D eigenvalue weighted by Crippen LogP contribution is 2.21. The Morgan fingerprint density at radius 1 is 1.04 bits per heavy atom. The summed E-state index contributed by atoms with van der Waals surface area (Å²) in [6.07, 6.45) is 0.266. The number of ether oxygens (including phenoxy) is 2. The molecule has 0 aliphatic carbocycles. The highest BCUT2D eigenvalue weighted by Gasteiger charge is 2.13. The number of nitrogens with one attached hydrogen (secondary N) is 1. The first-order valence-electron chi connectivity index (χ1n) is 8.83. The fourth-order valence-electron chi connectivity index (χ4n) is 2.57. The standard InChI is InChI=1S/C21H25NO5/c1-14(2)27-19-7-5-4-6-17(19)12-20(23)22-15(3)16-8-10-18(11-9-16)26-13-21(24)25/h4-11,14-15H,12-13H2,1-3H3,(H,22,23)(H,24,25). The lowest BCUT2D eigenvalue weighted by atomic mass is 10.1. The fourth-order valence-corrected chi connectivity index (χ4v) is 2.57. The second kappa shape index (κ2) is 9.62. The lowest BCUT2D eigenvalue weighted by molar-refractivity contribution is -0.139. The number of hydrogen-bond donors (Lipinski definition) is 2. The third-order valence-corrected chi connectivity index (χ3v) is 3.81. The van der Waals surface area contributed by atoms with Crippen LogP contribution in [0, 0.1) is 0 Å². The number of para-hydroxylation sites is 1. The van der Waals surface area contributed by atoms with E-state index in [0.717, 1.165) is 16.9 Å². The Bertz CT molecular complexity index is 770. The van der Waals surface area contributed by atoms with Crippen molar-refractivity contribution in [2.24, 2.45) is 0 Å². The molecule has 1 atom stereocenters. The van der Waals surface area contributed by atoms with Crippen molar-refractivity contribution in [1.82, 2.24) is 5.32 Å². The second-order valence-electron chi connectivity index (χ2n) is 6.49. The van der Waals surface area contributed by atoms with Crippen LogP contribution in [0.5, 0.6) is 11.5 Å². The van der Waals surface area contributed by atoms with Gasteiger partial charge in [0.2, 0.25) is 5.91 Å². The van der Waals surface area contributed by atoms with Gasteiger partial charge in [-0.1, -0.05) is 30.3 Å². The highest BCUT2D eigenvalue weighted by molar-refractivity contribution is 5.79. The van der Waals surface area contributed by atoms with Gasteiger partial charge in [-0.05, 0) is 44.5 Å². The molecule has 0 saturated heterocycles. The summed E-state index contributed by atoms with van der Waals surface area (Å²) in [7, 11) is 0. The van der Waals surface area contributed by atoms with Crippen molar-refractivity contribution >= 4 is 11.9 Å². The van der Waals surface area contributed by atoms with E-state index < -0.39 is 5.97 Å². The molecule has 0 bridgehead atoms.